The molecule has 52 heavy (non-hydrogen) atoms. The van der Waals surface area contributed by atoms with Gasteiger partial charge in [0.1, 0.15) is 39.5 Å². The van der Waals surface area contributed by atoms with E-state index in [1.54, 1.807) is 4.80 Å². The first-order chi connectivity index (χ1) is 24.3. The summed E-state index contributed by atoms with van der Waals surface area (Å²) in [6.07, 6.45) is 7.74. The van der Waals surface area contributed by atoms with Crippen molar-refractivity contribution < 1.29 is 0 Å². The Morgan fingerprint density at radius 3 is 1.87 bits per heavy atom. The van der Waals surface area contributed by atoms with Crippen LogP contribution in [-0.2, 0) is 23.7 Å². The third-order valence-electron chi connectivity index (χ3n) is 10.1. The lowest BCUT2D eigenvalue weighted by Gasteiger charge is -2.35. The van der Waals surface area contributed by atoms with Crippen LogP contribution in [0.2, 0.25) is 0 Å². The fourth-order valence-electron chi connectivity index (χ4n) is 8.63. The Labute approximate surface area is 307 Å². The number of benzene rings is 3. The molecule has 0 radical (unpaired) electrons. The molecule has 2 aromatic heterocycles. The summed E-state index contributed by atoms with van der Waals surface area (Å²) in [5.74, 6) is 0. The molecule has 0 spiro atoms. The Kier molecular flexibility index (Phi) is 9.43. The maximum absolute atomic E-state index is 13.1. The second-order valence-electron chi connectivity index (χ2n) is 18.2. The average molecular weight is 701 g/mol. The van der Waals surface area contributed by atoms with Crippen molar-refractivity contribution in [3.8, 4) is 11.4 Å². The van der Waals surface area contributed by atoms with E-state index in [1.807, 2.05) is 42.5 Å². The Balaban J connectivity index is 1.63. The number of nitrogens with zero attached hydrogens (tertiary/aromatic N) is 8. The lowest BCUT2D eigenvalue weighted by atomic mass is 9.70. The van der Waals surface area contributed by atoms with Gasteiger partial charge in [0.15, 0.2) is 0 Å². The van der Waals surface area contributed by atoms with Crippen LogP contribution in [0, 0.1) is 27.6 Å². The lowest BCUT2D eigenvalue weighted by Crippen LogP contribution is -2.27. The second kappa shape index (κ2) is 13.3. The van der Waals surface area contributed by atoms with E-state index in [0.29, 0.717) is 28.0 Å². The van der Waals surface area contributed by atoms with Gasteiger partial charge in [0.05, 0.1) is 5.69 Å². The Bertz CT molecular complexity index is 2170. The standard InChI is InChI=1S/C42H52N8O2/c1-26-29(38(48-52)36(23-30(26)42(10,11)25-40(5,6)7)50-45-33-18-14-15-19-34(33)46-50)21-27-20-28(41(8,9)24-39(2,3)4)22-35(37(27)47-51)49-43-31-16-12-13-17-32(31)44-49/h12-14,16-18,20,22-23H,15,19,21,24-25H2,1-11H3. The van der Waals surface area contributed by atoms with Gasteiger partial charge in [0.25, 0.3) is 0 Å². The van der Waals surface area contributed by atoms with Gasteiger partial charge in [-0.1, -0.05) is 93.5 Å². The fourth-order valence-corrected chi connectivity index (χ4v) is 8.63. The Morgan fingerprint density at radius 2 is 1.29 bits per heavy atom. The van der Waals surface area contributed by atoms with Crippen LogP contribution in [0.5, 0.6) is 0 Å². The van der Waals surface area contributed by atoms with E-state index < -0.39 is 0 Å². The molecule has 10 nitrogen and oxygen atoms in total. The largest absolute Gasteiger partial charge is 0.153 e. The molecule has 0 fully saturated rings. The van der Waals surface area contributed by atoms with Crippen molar-refractivity contribution in [2.24, 2.45) is 21.2 Å². The van der Waals surface area contributed by atoms with Gasteiger partial charge in [0, 0.05) is 6.42 Å². The lowest BCUT2D eigenvalue weighted by molar-refractivity contribution is 0.283. The number of fused-ring (bicyclic) bond motifs is 2. The van der Waals surface area contributed by atoms with Crippen molar-refractivity contribution in [2.75, 3.05) is 0 Å². The molecule has 1 aliphatic carbocycles. The third-order valence-corrected chi connectivity index (χ3v) is 10.1. The molecule has 0 saturated heterocycles. The van der Waals surface area contributed by atoms with Crippen LogP contribution < -0.4 is 0 Å². The minimum absolute atomic E-state index is 0.0300. The van der Waals surface area contributed by atoms with Crippen molar-refractivity contribution in [3.63, 3.8) is 0 Å². The highest BCUT2D eigenvalue weighted by Gasteiger charge is 2.34. The quantitative estimate of drug-likeness (QED) is 0.134. The SMILES string of the molecule is Cc1c(C(C)(C)CC(C)(C)C)cc(-n2nc3c(n2)CCC=C3)c(N=O)c1Cc1cc(C(C)(C)CC(C)(C)C)cc(-n2nc3ccccc3n2)c1N=O. The zero-order valence-corrected chi connectivity index (χ0v) is 32.6. The molecular formula is C42H52N8O2. The van der Waals surface area contributed by atoms with Crippen LogP contribution in [0.4, 0.5) is 11.4 Å². The van der Waals surface area contributed by atoms with Gasteiger partial charge in [-0.3, -0.25) is 0 Å². The van der Waals surface area contributed by atoms with Crippen molar-refractivity contribution in [2.45, 2.75) is 119 Å². The van der Waals surface area contributed by atoms with E-state index in [4.69, 9.17) is 20.4 Å². The number of hydrogen-bond donors (Lipinski definition) is 0. The van der Waals surface area contributed by atoms with Crippen molar-refractivity contribution in [3.05, 3.63) is 97.6 Å². The highest BCUT2D eigenvalue weighted by molar-refractivity contribution is 5.75. The number of aromatic nitrogens is 6. The molecule has 1 aliphatic rings. The zero-order valence-electron chi connectivity index (χ0n) is 32.6. The van der Waals surface area contributed by atoms with Crippen LogP contribution in [0.1, 0.15) is 128 Å². The average Bonchev–Trinajstić information content (AvgIpc) is 3.67. The smallest absolute Gasteiger partial charge is 0.139 e. The summed E-state index contributed by atoms with van der Waals surface area (Å²) >= 11 is 0. The van der Waals surface area contributed by atoms with Crippen LogP contribution in [0.3, 0.4) is 0 Å². The molecule has 0 bridgehead atoms. The molecule has 2 heterocycles. The minimum Gasteiger partial charge on any atom is -0.153 e. The van der Waals surface area contributed by atoms with Crippen LogP contribution >= 0.6 is 0 Å². The number of hydrogen-bond acceptors (Lipinski definition) is 8. The van der Waals surface area contributed by atoms with Gasteiger partial charge in [-0.05, 0) is 123 Å². The van der Waals surface area contributed by atoms with Crippen molar-refractivity contribution in [1.82, 2.24) is 30.0 Å². The van der Waals surface area contributed by atoms with Gasteiger partial charge in [-0.15, -0.1) is 34.7 Å². The number of aryl methyl sites for hydroxylation is 1. The van der Waals surface area contributed by atoms with E-state index in [1.165, 1.54) is 4.80 Å². The number of rotatable bonds is 10. The molecule has 0 amide bonds. The normalized spacial score (nSPS) is 13.8. The van der Waals surface area contributed by atoms with Gasteiger partial charge in [0.2, 0.25) is 0 Å². The van der Waals surface area contributed by atoms with Crippen molar-refractivity contribution in [1.29, 1.82) is 0 Å². The van der Waals surface area contributed by atoms with E-state index in [0.717, 1.165) is 59.3 Å². The monoisotopic (exact) mass is 700 g/mol. The van der Waals surface area contributed by atoms with Crippen LogP contribution in [0.25, 0.3) is 28.5 Å². The number of allylic oxidation sites excluding steroid dienone is 1. The van der Waals surface area contributed by atoms with Gasteiger partial charge < -0.3 is 0 Å². The molecule has 0 N–H and O–H groups in total. The van der Waals surface area contributed by atoms with E-state index in [9.17, 15) is 9.81 Å². The van der Waals surface area contributed by atoms with Crippen molar-refractivity contribution >= 4 is 28.5 Å². The summed E-state index contributed by atoms with van der Waals surface area (Å²) in [6.45, 7) is 24.4. The summed E-state index contributed by atoms with van der Waals surface area (Å²) in [4.78, 5) is 29.2. The molecule has 0 atom stereocenters. The fraction of sp³-hybridized carbons (Fsp3) is 0.476. The summed E-state index contributed by atoms with van der Waals surface area (Å²) in [5, 5.41) is 26.5. The molecule has 3 aromatic carbocycles. The highest BCUT2D eigenvalue weighted by atomic mass is 16.3. The maximum Gasteiger partial charge on any atom is 0.139 e. The molecule has 6 rings (SSSR count). The van der Waals surface area contributed by atoms with E-state index in [-0.39, 0.29) is 39.5 Å². The number of nitroso groups, excluding NO2 is 2. The summed E-state index contributed by atoms with van der Waals surface area (Å²) in [6, 6.07) is 13.7. The minimum atomic E-state index is -0.288. The first-order valence-electron chi connectivity index (χ1n) is 18.3. The first kappa shape index (κ1) is 36.9. The molecule has 0 unspecified atom stereocenters. The molecule has 10 heteroatoms. The van der Waals surface area contributed by atoms with Gasteiger partial charge in [-0.2, -0.15) is 5.10 Å². The molecular weight excluding hydrogens is 649 g/mol. The first-order valence-corrected chi connectivity index (χ1v) is 18.3. The summed E-state index contributed by atoms with van der Waals surface area (Å²) < 4.78 is 0. The highest BCUT2D eigenvalue weighted by Crippen LogP contribution is 2.46. The molecule has 0 aliphatic heterocycles. The van der Waals surface area contributed by atoms with E-state index >= 15 is 0 Å². The maximum atomic E-state index is 13.1. The van der Waals surface area contributed by atoms with Crippen LogP contribution in [0.15, 0.2) is 58.9 Å². The summed E-state index contributed by atoms with van der Waals surface area (Å²) in [7, 11) is 0. The van der Waals surface area contributed by atoms with Gasteiger partial charge in [-0.25, -0.2) is 0 Å². The Hall–Kier alpha value is -4.86. The van der Waals surface area contributed by atoms with E-state index in [2.05, 4.69) is 98.7 Å². The van der Waals surface area contributed by atoms with Gasteiger partial charge >= 0.3 is 0 Å². The molecule has 272 valence electrons. The second-order valence-corrected chi connectivity index (χ2v) is 18.2. The summed E-state index contributed by atoms with van der Waals surface area (Å²) in [5.41, 5.74) is 8.55. The van der Waals surface area contributed by atoms with Crippen LogP contribution in [-0.4, -0.2) is 30.0 Å². The predicted octanol–water partition coefficient (Wildman–Crippen LogP) is 11.1. The third kappa shape index (κ3) is 7.38. The predicted molar refractivity (Wildman–Crippen MR) is 210 cm³/mol. The molecule has 0 saturated carbocycles. The zero-order chi connectivity index (χ0) is 37.8. The molecule has 5 aromatic rings. The Morgan fingerprint density at radius 1 is 0.712 bits per heavy atom. The topological polar surface area (TPSA) is 120 Å².